The third-order valence-corrected chi connectivity index (χ3v) is 3.18. The molecule has 0 aliphatic carbocycles. The second-order valence-electron chi connectivity index (χ2n) is 4.50. The Hall–Kier alpha value is -1.68. The molecule has 0 saturated heterocycles. The summed E-state index contributed by atoms with van der Waals surface area (Å²) in [5.41, 5.74) is 0.957. The van der Waals surface area contributed by atoms with E-state index in [1.54, 1.807) is 12.1 Å². The van der Waals surface area contributed by atoms with Crippen molar-refractivity contribution in [2.75, 3.05) is 5.32 Å². The van der Waals surface area contributed by atoms with Crippen LogP contribution in [0, 0.1) is 0 Å². The number of nitrogens with one attached hydrogen (secondary N) is 1. The molecule has 0 heterocycles. The lowest BCUT2D eigenvalue weighted by Gasteiger charge is -2.16. The molecule has 2 aromatic carbocycles. The number of alkyl halides is 3. The zero-order valence-electron chi connectivity index (χ0n) is 10.7. The largest absolute Gasteiger partial charge is 0.416 e. The van der Waals surface area contributed by atoms with E-state index in [1.807, 2.05) is 19.1 Å². The van der Waals surface area contributed by atoms with Gasteiger partial charge in [-0.15, -0.1) is 0 Å². The highest BCUT2D eigenvalue weighted by Gasteiger charge is 2.30. The highest BCUT2D eigenvalue weighted by atomic mass is 35.5. The summed E-state index contributed by atoms with van der Waals surface area (Å²) >= 11 is 5.88. The lowest BCUT2D eigenvalue weighted by Crippen LogP contribution is -2.08. The van der Waals surface area contributed by atoms with Crippen molar-refractivity contribution in [2.24, 2.45) is 0 Å². The van der Waals surface area contributed by atoms with Crippen LogP contribution in [0.3, 0.4) is 0 Å². The van der Waals surface area contributed by atoms with Gasteiger partial charge in [-0.2, -0.15) is 13.2 Å². The van der Waals surface area contributed by atoms with Crippen LogP contribution < -0.4 is 5.32 Å². The van der Waals surface area contributed by atoms with Crippen LogP contribution in [0.15, 0.2) is 48.5 Å². The zero-order chi connectivity index (χ0) is 14.8. The van der Waals surface area contributed by atoms with Crippen molar-refractivity contribution in [2.45, 2.75) is 19.1 Å². The Morgan fingerprint density at radius 1 is 1.05 bits per heavy atom. The van der Waals surface area contributed by atoms with Gasteiger partial charge in [0.05, 0.1) is 5.56 Å². The molecule has 0 spiro atoms. The highest BCUT2D eigenvalue weighted by Crippen LogP contribution is 2.30. The van der Waals surface area contributed by atoms with Crippen LogP contribution in [-0.4, -0.2) is 0 Å². The summed E-state index contributed by atoms with van der Waals surface area (Å²) in [7, 11) is 0. The van der Waals surface area contributed by atoms with Gasteiger partial charge in [0.25, 0.3) is 0 Å². The maximum atomic E-state index is 12.5. The molecule has 20 heavy (non-hydrogen) atoms. The monoisotopic (exact) mass is 299 g/mol. The fourth-order valence-electron chi connectivity index (χ4n) is 1.87. The van der Waals surface area contributed by atoms with Crippen LogP contribution in [0.5, 0.6) is 0 Å². The highest BCUT2D eigenvalue weighted by molar-refractivity contribution is 6.30. The topological polar surface area (TPSA) is 12.0 Å². The van der Waals surface area contributed by atoms with Crippen LogP contribution in [0.2, 0.25) is 5.02 Å². The summed E-state index contributed by atoms with van der Waals surface area (Å²) in [6, 6.07) is 12.2. The van der Waals surface area contributed by atoms with Crippen molar-refractivity contribution in [1.82, 2.24) is 0 Å². The lowest BCUT2D eigenvalue weighted by atomic mass is 10.1. The van der Waals surface area contributed by atoms with Crippen LogP contribution >= 0.6 is 11.6 Å². The molecule has 1 nitrogen and oxygen atoms in total. The Morgan fingerprint density at radius 2 is 1.70 bits per heavy atom. The van der Waals surface area contributed by atoms with Gasteiger partial charge in [-0.05, 0) is 42.8 Å². The molecule has 0 aliphatic rings. The van der Waals surface area contributed by atoms with Gasteiger partial charge in [-0.3, -0.25) is 0 Å². The maximum absolute atomic E-state index is 12.5. The Balaban J connectivity index is 2.11. The number of hydrogen-bond donors (Lipinski definition) is 1. The summed E-state index contributed by atoms with van der Waals surface area (Å²) in [5.74, 6) is 0. The van der Waals surface area contributed by atoms with E-state index in [4.69, 9.17) is 11.6 Å². The number of halogens is 4. The quantitative estimate of drug-likeness (QED) is 0.785. The molecule has 106 valence electrons. The van der Waals surface area contributed by atoms with Crippen molar-refractivity contribution in [3.63, 3.8) is 0 Å². The van der Waals surface area contributed by atoms with Crippen LogP contribution in [0.4, 0.5) is 18.9 Å². The van der Waals surface area contributed by atoms with Gasteiger partial charge < -0.3 is 5.32 Å². The summed E-state index contributed by atoms with van der Waals surface area (Å²) in [6.07, 6.45) is -4.30. The van der Waals surface area contributed by atoms with E-state index >= 15 is 0 Å². The predicted octanol–water partition coefficient (Wildman–Crippen LogP) is 5.53. The zero-order valence-corrected chi connectivity index (χ0v) is 11.5. The fraction of sp³-hybridized carbons (Fsp3) is 0.200. The first-order valence-corrected chi connectivity index (χ1v) is 6.43. The molecule has 2 aromatic rings. The van der Waals surface area contributed by atoms with Crippen molar-refractivity contribution in [3.05, 3.63) is 64.7 Å². The summed E-state index contributed by atoms with van der Waals surface area (Å²) in [4.78, 5) is 0. The molecule has 1 atom stereocenters. The molecular formula is C15H13ClF3N. The average molecular weight is 300 g/mol. The summed E-state index contributed by atoms with van der Waals surface area (Å²) in [5, 5.41) is 3.80. The first-order chi connectivity index (χ1) is 9.36. The van der Waals surface area contributed by atoms with Crippen LogP contribution in [0.25, 0.3) is 0 Å². The molecule has 0 aromatic heterocycles. The van der Waals surface area contributed by atoms with Crippen molar-refractivity contribution in [3.8, 4) is 0 Å². The van der Waals surface area contributed by atoms with E-state index in [9.17, 15) is 13.2 Å². The van der Waals surface area contributed by atoms with E-state index in [0.29, 0.717) is 5.02 Å². The van der Waals surface area contributed by atoms with Crippen molar-refractivity contribution in [1.29, 1.82) is 0 Å². The molecular weight excluding hydrogens is 287 g/mol. The molecule has 0 aliphatic heterocycles. The smallest absolute Gasteiger partial charge is 0.378 e. The number of anilines is 1. The molecule has 0 saturated carbocycles. The minimum Gasteiger partial charge on any atom is -0.378 e. The first-order valence-electron chi connectivity index (χ1n) is 6.05. The fourth-order valence-corrected chi connectivity index (χ4v) is 2.06. The van der Waals surface area contributed by atoms with Gasteiger partial charge in [-0.1, -0.05) is 29.8 Å². The van der Waals surface area contributed by atoms with Gasteiger partial charge >= 0.3 is 6.18 Å². The van der Waals surface area contributed by atoms with E-state index in [2.05, 4.69) is 5.32 Å². The van der Waals surface area contributed by atoms with Crippen molar-refractivity contribution >= 4 is 17.3 Å². The third-order valence-electron chi connectivity index (χ3n) is 2.95. The van der Waals surface area contributed by atoms with Crippen molar-refractivity contribution < 1.29 is 13.2 Å². The molecule has 2 rings (SSSR count). The Kier molecular flexibility index (Phi) is 4.23. The minimum absolute atomic E-state index is 0.115. The number of benzene rings is 2. The van der Waals surface area contributed by atoms with E-state index in [1.165, 1.54) is 12.1 Å². The van der Waals surface area contributed by atoms with Crippen LogP contribution in [0.1, 0.15) is 24.1 Å². The second-order valence-corrected chi connectivity index (χ2v) is 4.93. The first kappa shape index (κ1) is 14.7. The summed E-state index contributed by atoms with van der Waals surface area (Å²) < 4.78 is 37.4. The number of hydrogen-bond acceptors (Lipinski definition) is 1. The minimum atomic E-state index is -4.30. The molecule has 5 heteroatoms. The van der Waals surface area contributed by atoms with E-state index < -0.39 is 11.7 Å². The lowest BCUT2D eigenvalue weighted by molar-refractivity contribution is -0.137. The maximum Gasteiger partial charge on any atom is 0.416 e. The predicted molar refractivity (Wildman–Crippen MR) is 74.9 cm³/mol. The Morgan fingerprint density at radius 3 is 2.25 bits per heavy atom. The third kappa shape index (κ3) is 3.67. The second kappa shape index (κ2) is 5.75. The molecule has 1 N–H and O–H groups in total. The van der Waals surface area contributed by atoms with Crippen LogP contribution in [-0.2, 0) is 6.18 Å². The van der Waals surface area contributed by atoms with Gasteiger partial charge in [0.2, 0.25) is 0 Å². The molecule has 0 amide bonds. The van der Waals surface area contributed by atoms with Gasteiger partial charge in [-0.25, -0.2) is 0 Å². The molecule has 0 fully saturated rings. The normalized spacial score (nSPS) is 13.1. The molecule has 0 bridgehead atoms. The molecule has 1 unspecified atom stereocenters. The van der Waals surface area contributed by atoms with Gasteiger partial charge in [0.1, 0.15) is 0 Å². The number of rotatable bonds is 3. The van der Waals surface area contributed by atoms with Gasteiger partial charge in [0.15, 0.2) is 0 Å². The standard InChI is InChI=1S/C15H13ClF3N/c1-10(20-14-4-2-3-13(16)9-14)11-5-7-12(8-6-11)15(17,18)19/h2-10,20H,1H3. The van der Waals surface area contributed by atoms with Gasteiger partial charge in [0, 0.05) is 16.8 Å². The van der Waals surface area contributed by atoms with E-state index in [-0.39, 0.29) is 6.04 Å². The Labute approximate surface area is 120 Å². The molecule has 0 radical (unpaired) electrons. The average Bonchev–Trinajstić information content (AvgIpc) is 2.38. The SMILES string of the molecule is CC(Nc1cccc(Cl)c1)c1ccc(C(F)(F)F)cc1. The van der Waals surface area contributed by atoms with E-state index in [0.717, 1.165) is 23.4 Å². The Bertz CT molecular complexity index is 578. The summed E-state index contributed by atoms with van der Waals surface area (Å²) in [6.45, 7) is 1.88.